The summed E-state index contributed by atoms with van der Waals surface area (Å²) in [6.45, 7) is 6.85. The predicted octanol–water partition coefficient (Wildman–Crippen LogP) is 5.48. The first kappa shape index (κ1) is 40.7. The van der Waals surface area contributed by atoms with Gasteiger partial charge >= 0.3 is 12.2 Å². The number of nitrogens with zero attached hydrogens (tertiary/aromatic N) is 7. The van der Waals surface area contributed by atoms with Gasteiger partial charge in [-0.1, -0.05) is 24.3 Å². The van der Waals surface area contributed by atoms with E-state index in [1.54, 1.807) is 29.2 Å². The summed E-state index contributed by atoms with van der Waals surface area (Å²) in [7, 11) is -2.11. The molecule has 14 nitrogen and oxygen atoms in total. The van der Waals surface area contributed by atoms with Crippen molar-refractivity contribution in [1.82, 2.24) is 25.1 Å². The van der Waals surface area contributed by atoms with E-state index in [-0.39, 0.29) is 24.4 Å². The van der Waals surface area contributed by atoms with Gasteiger partial charge in [0.15, 0.2) is 0 Å². The molecule has 18 heteroatoms. The lowest BCUT2D eigenvalue weighted by Crippen LogP contribution is -2.53. The number of rotatable bonds is 12. The molecule has 3 aliphatic rings. The normalized spacial score (nSPS) is 17.6. The van der Waals surface area contributed by atoms with Crippen LogP contribution in [-0.2, 0) is 34.1 Å². The Morgan fingerprint density at radius 2 is 1.59 bits per heavy atom. The van der Waals surface area contributed by atoms with Crippen molar-refractivity contribution < 1.29 is 31.2 Å². The van der Waals surface area contributed by atoms with Crippen molar-refractivity contribution in [2.75, 3.05) is 83.9 Å². The van der Waals surface area contributed by atoms with Crippen LogP contribution in [0.2, 0.25) is 0 Å². The molecule has 0 aliphatic carbocycles. The quantitative estimate of drug-likeness (QED) is 0.167. The number of halogens is 3. The number of hydrogen-bond donors (Lipinski definition) is 3. The molecular weight excluding hydrogens is 774 g/mol. The Kier molecular flexibility index (Phi) is 12.1. The molecule has 1 aromatic heterocycles. The number of sulfonamides is 1. The number of piperazine rings is 1. The second-order valence-electron chi connectivity index (χ2n) is 14.8. The molecule has 0 unspecified atom stereocenters. The van der Waals surface area contributed by atoms with Gasteiger partial charge in [-0.15, -0.1) is 0 Å². The van der Waals surface area contributed by atoms with E-state index in [9.17, 15) is 31.2 Å². The molecule has 4 aromatic rings. The Morgan fingerprint density at radius 1 is 0.879 bits per heavy atom. The Hall–Kier alpha value is -5.46. The maximum Gasteiger partial charge on any atom is 0.421 e. The molecule has 0 radical (unpaired) electrons. The molecule has 0 saturated carbocycles. The molecule has 308 valence electrons. The predicted molar refractivity (Wildman–Crippen MR) is 218 cm³/mol. The van der Waals surface area contributed by atoms with E-state index in [1.807, 2.05) is 42.5 Å². The van der Waals surface area contributed by atoms with Crippen LogP contribution in [0.5, 0.6) is 0 Å². The van der Waals surface area contributed by atoms with E-state index in [0.29, 0.717) is 35.9 Å². The van der Waals surface area contributed by atoms with E-state index in [0.717, 1.165) is 92.4 Å². The molecule has 0 bridgehead atoms. The van der Waals surface area contributed by atoms with Gasteiger partial charge in [0, 0.05) is 102 Å². The maximum absolute atomic E-state index is 13.9. The van der Waals surface area contributed by atoms with Gasteiger partial charge in [-0.2, -0.15) is 18.2 Å². The van der Waals surface area contributed by atoms with Crippen LogP contribution in [0, 0.1) is 0 Å². The van der Waals surface area contributed by atoms with Crippen LogP contribution in [-0.4, -0.2) is 105 Å². The average molecular weight is 821 g/mol. The second kappa shape index (κ2) is 17.2. The Balaban J connectivity index is 0.893. The van der Waals surface area contributed by atoms with Gasteiger partial charge in [-0.25, -0.2) is 18.2 Å². The Bertz CT molecular complexity index is 2210. The summed E-state index contributed by atoms with van der Waals surface area (Å²) in [4.78, 5) is 41.0. The van der Waals surface area contributed by atoms with Gasteiger partial charge in [0.05, 0.1) is 11.9 Å². The first-order valence-electron chi connectivity index (χ1n) is 19.2. The third-order valence-electron chi connectivity index (χ3n) is 10.9. The van der Waals surface area contributed by atoms with Gasteiger partial charge < -0.3 is 15.5 Å². The maximum atomic E-state index is 13.9. The number of carbonyl (C=O) groups is 2. The first-order valence-corrected chi connectivity index (χ1v) is 21.0. The van der Waals surface area contributed by atoms with Crippen molar-refractivity contribution in [3.8, 4) is 0 Å². The summed E-state index contributed by atoms with van der Waals surface area (Å²) < 4.78 is 66.8. The molecule has 0 spiro atoms. The molecule has 3 N–H and O–H groups in total. The van der Waals surface area contributed by atoms with Crippen molar-refractivity contribution >= 4 is 56.5 Å². The largest absolute Gasteiger partial charge is 0.421 e. The number of aromatic nitrogens is 2. The number of alkyl halides is 3. The minimum Gasteiger partial charge on any atom is -0.371 e. The molecule has 3 saturated heterocycles. The molecular formula is C40H47F3N10O4S. The summed E-state index contributed by atoms with van der Waals surface area (Å²) in [5, 5.41) is 8.17. The van der Waals surface area contributed by atoms with Gasteiger partial charge in [0.25, 0.3) is 0 Å². The highest BCUT2D eigenvalue weighted by molar-refractivity contribution is 7.92. The standard InChI is InChI=1S/C40H47F3N10O4S/c1-49(58(2,56)57)33-7-3-5-28(23-33)25-44-37-35(40(41,42)43)26-45-38(48-37)46-30-9-11-31(12-10-30)51-16-13-32(14-17-51)52-21-19-50(20-22-52)27-29-6-4-8-34(24-29)53-18-15-36(54)47-39(53)55/h3-12,23-24,26,32H,13-22,25,27H2,1-2H3,(H,47,54,55)(H2,44,45,46,48). The summed E-state index contributed by atoms with van der Waals surface area (Å²) in [6, 6.07) is 22.3. The minimum atomic E-state index is -4.70. The molecule has 58 heavy (non-hydrogen) atoms. The van der Waals surface area contributed by atoms with Crippen LogP contribution in [0.25, 0.3) is 0 Å². The number of hydrogen-bond acceptors (Lipinski definition) is 11. The van der Waals surface area contributed by atoms with Crippen LogP contribution in [0.1, 0.15) is 36.0 Å². The topological polar surface area (TPSA) is 146 Å². The molecule has 7 rings (SSSR count). The van der Waals surface area contributed by atoms with Crippen LogP contribution < -0.4 is 30.1 Å². The Labute approximate surface area is 336 Å². The number of anilines is 6. The van der Waals surface area contributed by atoms with Gasteiger partial charge in [0.1, 0.15) is 11.4 Å². The number of carbonyl (C=O) groups excluding carboxylic acids is 2. The lowest BCUT2D eigenvalue weighted by Gasteiger charge is -2.43. The zero-order valence-corrected chi connectivity index (χ0v) is 33.2. The van der Waals surface area contributed by atoms with E-state index >= 15 is 0 Å². The van der Waals surface area contributed by atoms with Crippen LogP contribution >= 0.6 is 0 Å². The van der Waals surface area contributed by atoms with E-state index in [4.69, 9.17) is 0 Å². The summed E-state index contributed by atoms with van der Waals surface area (Å²) in [5.41, 5.74) is 3.55. The molecule has 3 fully saturated rings. The SMILES string of the molecule is CN(c1cccc(CNc2nc(Nc3ccc(N4CCC(N5CCN(Cc6cccc(N7CCC(=O)NC7=O)c6)CC5)CC4)cc3)ncc2C(F)(F)F)c1)S(C)(=O)=O. The number of nitrogens with one attached hydrogen (secondary N) is 3. The van der Waals surface area contributed by atoms with Crippen molar-refractivity contribution in [1.29, 1.82) is 0 Å². The minimum absolute atomic E-state index is 0.00604. The number of urea groups is 1. The van der Waals surface area contributed by atoms with Crippen molar-refractivity contribution in [2.45, 2.75) is 44.6 Å². The number of imide groups is 1. The fourth-order valence-corrected chi connectivity index (χ4v) is 8.07. The zero-order chi connectivity index (χ0) is 41.0. The fourth-order valence-electron chi connectivity index (χ4n) is 7.58. The number of piperidine rings is 1. The first-order chi connectivity index (χ1) is 27.7. The molecule has 0 atom stereocenters. The summed E-state index contributed by atoms with van der Waals surface area (Å²) >= 11 is 0. The lowest BCUT2D eigenvalue weighted by molar-refractivity contribution is -0.137. The van der Waals surface area contributed by atoms with Gasteiger partial charge in [-0.3, -0.25) is 29.1 Å². The highest BCUT2D eigenvalue weighted by Gasteiger charge is 2.35. The van der Waals surface area contributed by atoms with Crippen LogP contribution in [0.4, 0.5) is 52.5 Å². The van der Waals surface area contributed by atoms with Crippen LogP contribution in [0.15, 0.2) is 79.0 Å². The van der Waals surface area contributed by atoms with E-state index in [1.165, 1.54) is 7.05 Å². The summed E-state index contributed by atoms with van der Waals surface area (Å²) in [6.07, 6.45) is -0.514. The van der Waals surface area contributed by atoms with Gasteiger partial charge in [-0.05, 0) is 72.5 Å². The Morgan fingerprint density at radius 3 is 2.28 bits per heavy atom. The van der Waals surface area contributed by atoms with Crippen molar-refractivity contribution in [3.63, 3.8) is 0 Å². The third-order valence-corrected chi connectivity index (χ3v) is 12.1. The number of amides is 3. The van der Waals surface area contributed by atoms with Crippen molar-refractivity contribution in [3.05, 3.63) is 95.7 Å². The summed E-state index contributed by atoms with van der Waals surface area (Å²) in [5.74, 6) is -0.650. The smallest absolute Gasteiger partial charge is 0.371 e. The zero-order valence-electron chi connectivity index (χ0n) is 32.4. The second-order valence-corrected chi connectivity index (χ2v) is 16.8. The highest BCUT2D eigenvalue weighted by Crippen LogP contribution is 2.35. The van der Waals surface area contributed by atoms with Gasteiger partial charge in [0.2, 0.25) is 21.9 Å². The van der Waals surface area contributed by atoms with Crippen LogP contribution in [0.3, 0.4) is 0 Å². The molecule has 3 amide bonds. The highest BCUT2D eigenvalue weighted by atomic mass is 32.2. The molecule has 3 aromatic carbocycles. The fraction of sp³-hybridized carbons (Fsp3) is 0.400. The van der Waals surface area contributed by atoms with E-state index < -0.39 is 27.6 Å². The average Bonchev–Trinajstić information content (AvgIpc) is 3.20. The van der Waals surface area contributed by atoms with Crippen molar-refractivity contribution in [2.24, 2.45) is 0 Å². The molecule has 4 heterocycles. The lowest BCUT2D eigenvalue weighted by atomic mass is 10.0. The number of benzene rings is 3. The molecule has 3 aliphatic heterocycles. The monoisotopic (exact) mass is 820 g/mol. The van der Waals surface area contributed by atoms with E-state index in [2.05, 4.69) is 46.7 Å². The third kappa shape index (κ3) is 9.97.